The zero-order valence-corrected chi connectivity index (χ0v) is 18.8. The van der Waals surface area contributed by atoms with Crippen molar-refractivity contribution in [3.05, 3.63) is 95.0 Å². The summed E-state index contributed by atoms with van der Waals surface area (Å²) in [7, 11) is -0.00392. The Balaban J connectivity index is 0.000000396. The van der Waals surface area contributed by atoms with Gasteiger partial charge in [-0.2, -0.15) is 0 Å². The molecule has 0 aliphatic heterocycles. The summed E-state index contributed by atoms with van der Waals surface area (Å²) in [5.41, 5.74) is 2.63. The Kier molecular flexibility index (Phi) is 7.17. The molecule has 0 radical (unpaired) electrons. The van der Waals surface area contributed by atoms with Gasteiger partial charge in [0.05, 0.1) is 5.02 Å². The third-order valence-corrected chi connectivity index (χ3v) is 6.21. The standard InChI is InChI=1S/C20H17ClOS.AsF6/c21-19-13-18(11-12-20(19)22)23(14-16-7-3-1-4-8-16)15-17-9-5-2-6-10-17;2-1(3,4,5,6)7/h1-13H,14-15H2;/q;-1/p+1. The van der Waals surface area contributed by atoms with E-state index in [-0.39, 0.29) is 16.6 Å². The van der Waals surface area contributed by atoms with Crippen molar-refractivity contribution in [1.82, 2.24) is 0 Å². The van der Waals surface area contributed by atoms with Gasteiger partial charge in [-0.3, -0.25) is 0 Å². The molecule has 164 valence electrons. The van der Waals surface area contributed by atoms with E-state index in [1.165, 1.54) is 16.0 Å². The molecular formula is C20H18AsClF6OS. The SMILES string of the molecule is F[As-](F)(F)(F)(F)F.Oc1ccc([S+](Cc2ccccc2)Cc2ccccc2)cc1Cl. The molecule has 30 heavy (non-hydrogen) atoms. The summed E-state index contributed by atoms with van der Waals surface area (Å²) in [4.78, 5) is 1.18. The van der Waals surface area contributed by atoms with E-state index in [0.29, 0.717) is 5.02 Å². The first-order valence-electron chi connectivity index (χ1n) is 8.47. The molecule has 3 rings (SSSR count). The van der Waals surface area contributed by atoms with Gasteiger partial charge in [-0.25, -0.2) is 0 Å². The minimum Gasteiger partial charge on any atom is -0.506 e. The summed E-state index contributed by atoms with van der Waals surface area (Å²) in [6.45, 7) is 0. The molecule has 0 aliphatic rings. The number of phenolic OH excluding ortho intramolecular Hbond substituents is 1. The Hall–Kier alpha value is -1.76. The van der Waals surface area contributed by atoms with Crippen LogP contribution in [0.2, 0.25) is 5.02 Å². The minimum absolute atomic E-state index is 0.00392. The van der Waals surface area contributed by atoms with Gasteiger partial charge < -0.3 is 5.11 Å². The Morgan fingerprint density at radius 3 is 1.47 bits per heavy atom. The van der Waals surface area contributed by atoms with Crippen molar-refractivity contribution >= 4 is 36.7 Å². The zero-order valence-electron chi connectivity index (χ0n) is 15.4. The Labute approximate surface area is 179 Å². The van der Waals surface area contributed by atoms with Crippen LogP contribution in [0.15, 0.2) is 83.8 Å². The van der Waals surface area contributed by atoms with Gasteiger partial charge in [0.1, 0.15) is 17.3 Å². The summed E-state index contributed by atoms with van der Waals surface area (Å²) in [5.74, 6) is 2.08. The molecule has 0 saturated heterocycles. The summed E-state index contributed by atoms with van der Waals surface area (Å²) in [5, 5.41) is 10.1. The van der Waals surface area contributed by atoms with Crippen molar-refractivity contribution in [2.24, 2.45) is 0 Å². The van der Waals surface area contributed by atoms with Gasteiger partial charge in [-0.1, -0.05) is 72.3 Å². The van der Waals surface area contributed by atoms with Crippen LogP contribution in [0.1, 0.15) is 11.1 Å². The second kappa shape index (κ2) is 8.77. The molecular weight excluding hydrogens is 513 g/mol. The van der Waals surface area contributed by atoms with Crippen LogP contribution in [-0.4, -0.2) is 19.3 Å². The first-order valence-corrected chi connectivity index (χ1v) is 14.7. The molecule has 0 aliphatic carbocycles. The van der Waals surface area contributed by atoms with Crippen LogP contribution >= 0.6 is 11.6 Å². The van der Waals surface area contributed by atoms with Crippen molar-refractivity contribution < 1.29 is 25.9 Å². The van der Waals surface area contributed by atoms with Gasteiger partial charge in [0, 0.05) is 28.1 Å². The zero-order chi connectivity index (χ0) is 22.5. The van der Waals surface area contributed by atoms with Crippen molar-refractivity contribution in [1.29, 1.82) is 0 Å². The molecule has 0 atom stereocenters. The fourth-order valence-corrected chi connectivity index (χ4v) is 4.85. The Bertz CT molecular complexity index is 917. The Morgan fingerprint density at radius 1 is 0.700 bits per heavy atom. The molecule has 0 fully saturated rings. The largest absolute Gasteiger partial charge is 0.506 e. The second-order valence-corrected chi connectivity index (χ2v) is 12.8. The van der Waals surface area contributed by atoms with E-state index in [0.717, 1.165) is 11.5 Å². The maximum Gasteiger partial charge on any atom is 0.157 e. The first-order chi connectivity index (χ1) is 13.7. The minimum atomic E-state index is -11.1. The summed E-state index contributed by atoms with van der Waals surface area (Å²) in [6.07, 6.45) is 0. The van der Waals surface area contributed by atoms with Crippen LogP contribution in [0.4, 0.5) is 20.8 Å². The van der Waals surface area contributed by atoms with Crippen LogP contribution in [0.5, 0.6) is 5.75 Å². The van der Waals surface area contributed by atoms with Gasteiger partial charge in [0.15, 0.2) is 4.90 Å². The van der Waals surface area contributed by atoms with E-state index in [2.05, 4.69) is 48.5 Å². The van der Waals surface area contributed by atoms with Crippen LogP contribution in [0, 0.1) is 0 Å². The van der Waals surface area contributed by atoms with E-state index in [1.807, 2.05) is 24.3 Å². The third-order valence-electron chi connectivity index (χ3n) is 3.62. The summed E-state index contributed by atoms with van der Waals surface area (Å²) in [6, 6.07) is 26.6. The maximum atomic E-state index is 9.91. The monoisotopic (exact) mass is 530 g/mol. The topological polar surface area (TPSA) is 20.2 Å². The summed E-state index contributed by atoms with van der Waals surface area (Å²) >= 11 is -4.94. The molecule has 0 bridgehead atoms. The molecule has 0 aromatic heterocycles. The summed E-state index contributed by atoms with van der Waals surface area (Å²) < 4.78 is 59.4. The van der Waals surface area contributed by atoms with E-state index in [4.69, 9.17) is 11.6 Å². The Morgan fingerprint density at radius 2 is 1.10 bits per heavy atom. The van der Waals surface area contributed by atoms with Crippen molar-refractivity contribution in [2.45, 2.75) is 16.4 Å². The van der Waals surface area contributed by atoms with Gasteiger partial charge in [0.25, 0.3) is 0 Å². The van der Waals surface area contributed by atoms with Crippen LogP contribution < -0.4 is 0 Å². The normalized spacial score (nSPS) is 13.7. The van der Waals surface area contributed by atoms with Crippen LogP contribution in [0.25, 0.3) is 0 Å². The van der Waals surface area contributed by atoms with Crippen LogP contribution in [-0.2, 0) is 22.4 Å². The fraction of sp³-hybridized carbons (Fsp3) is 0.100. The maximum absolute atomic E-state index is 11.1. The predicted octanol–water partition coefficient (Wildman–Crippen LogP) is 7.56. The molecule has 0 saturated carbocycles. The molecule has 3 aromatic rings. The third kappa shape index (κ3) is 10.9. The number of halogens is 7. The number of hydrogen-bond acceptors (Lipinski definition) is 1. The number of benzene rings is 3. The molecule has 0 unspecified atom stereocenters. The second-order valence-electron chi connectivity index (χ2n) is 6.32. The molecule has 0 amide bonds. The fourth-order valence-electron chi connectivity index (χ4n) is 2.44. The first kappa shape index (κ1) is 24.5. The molecule has 0 heterocycles. The van der Waals surface area contributed by atoms with Crippen molar-refractivity contribution in [3.63, 3.8) is 0 Å². The van der Waals surface area contributed by atoms with Gasteiger partial charge >= 0.3 is 35.0 Å². The van der Waals surface area contributed by atoms with Crippen molar-refractivity contribution in [2.75, 3.05) is 0 Å². The number of hydrogen-bond donors (Lipinski definition) is 1. The average Bonchev–Trinajstić information content (AvgIpc) is 2.63. The number of rotatable bonds is 5. The van der Waals surface area contributed by atoms with Gasteiger partial charge in [-0.15, -0.1) is 0 Å². The molecule has 1 N–H and O–H groups in total. The molecule has 3 aromatic carbocycles. The van der Waals surface area contributed by atoms with Gasteiger partial charge in [0.2, 0.25) is 0 Å². The molecule has 0 spiro atoms. The van der Waals surface area contributed by atoms with E-state index < -0.39 is 14.2 Å². The van der Waals surface area contributed by atoms with Gasteiger partial charge in [-0.05, 0) is 12.1 Å². The number of phenols is 1. The van der Waals surface area contributed by atoms with Crippen LogP contribution in [0.3, 0.4) is 0 Å². The average molecular weight is 531 g/mol. The van der Waals surface area contributed by atoms with Crippen molar-refractivity contribution in [3.8, 4) is 5.75 Å². The number of aromatic hydroxyl groups is 1. The quantitative estimate of drug-likeness (QED) is 0.205. The predicted molar refractivity (Wildman–Crippen MR) is 111 cm³/mol. The molecule has 1 nitrogen and oxygen atoms in total. The smallest absolute Gasteiger partial charge is 0.157 e. The van der Waals surface area contributed by atoms with E-state index >= 15 is 0 Å². The molecule has 10 heteroatoms. The van der Waals surface area contributed by atoms with E-state index in [9.17, 15) is 25.9 Å². The van der Waals surface area contributed by atoms with E-state index in [1.54, 1.807) is 6.07 Å².